The number of thiophene rings is 2. The van der Waals surface area contributed by atoms with Gasteiger partial charge >= 0.3 is 7.12 Å². The summed E-state index contributed by atoms with van der Waals surface area (Å²) in [6.07, 6.45) is 5.17. The van der Waals surface area contributed by atoms with E-state index in [1.54, 1.807) is 22.7 Å². The van der Waals surface area contributed by atoms with Gasteiger partial charge in [-0.05, 0) is 44.5 Å². The van der Waals surface area contributed by atoms with Crippen molar-refractivity contribution in [1.29, 1.82) is 0 Å². The van der Waals surface area contributed by atoms with Crippen LogP contribution in [0.3, 0.4) is 0 Å². The predicted molar refractivity (Wildman–Crippen MR) is 111 cm³/mol. The molecular weight excluding hydrogens is 363 g/mol. The van der Waals surface area contributed by atoms with Crippen molar-refractivity contribution < 1.29 is 14.1 Å². The van der Waals surface area contributed by atoms with Gasteiger partial charge in [-0.2, -0.15) is 0 Å². The molecule has 0 radical (unpaired) electrons. The Labute approximate surface area is 164 Å². The van der Waals surface area contributed by atoms with Crippen molar-refractivity contribution in [3.63, 3.8) is 0 Å². The van der Waals surface area contributed by atoms with E-state index in [2.05, 4.69) is 19.6 Å². The van der Waals surface area contributed by atoms with Crippen LogP contribution >= 0.6 is 22.7 Å². The lowest BCUT2D eigenvalue weighted by Gasteiger charge is -2.15. The molecule has 1 saturated heterocycles. The van der Waals surface area contributed by atoms with Gasteiger partial charge in [-0.25, -0.2) is 0 Å². The Hall–Kier alpha value is -1.37. The smallest absolute Gasteiger partial charge is 0.533 e. The molecule has 138 valence electrons. The standard InChI is InChI=1S/C20H25BO3S2/c1-5-6-7-8-9-15(22)16-10-11-17(25-16)18-12-13-19(26-18)21-23-14(2)20(3,4)24-21/h10-13H,2,5-9H2,1,3-4H3. The van der Waals surface area contributed by atoms with Gasteiger partial charge in [-0.15, -0.1) is 22.7 Å². The van der Waals surface area contributed by atoms with Crippen molar-refractivity contribution in [2.24, 2.45) is 0 Å². The van der Waals surface area contributed by atoms with Gasteiger partial charge in [0.1, 0.15) is 5.60 Å². The fourth-order valence-corrected chi connectivity index (χ4v) is 4.84. The van der Waals surface area contributed by atoms with Gasteiger partial charge < -0.3 is 9.31 Å². The van der Waals surface area contributed by atoms with Crippen molar-refractivity contribution in [2.75, 3.05) is 0 Å². The second-order valence-corrected chi connectivity index (χ2v) is 9.30. The van der Waals surface area contributed by atoms with Crippen molar-refractivity contribution in [2.45, 2.75) is 58.5 Å². The first-order valence-electron chi connectivity index (χ1n) is 9.17. The van der Waals surface area contributed by atoms with E-state index in [-0.39, 0.29) is 5.78 Å². The van der Waals surface area contributed by atoms with Crippen LogP contribution in [-0.2, 0) is 9.31 Å². The molecule has 6 heteroatoms. The highest BCUT2D eigenvalue weighted by molar-refractivity contribution is 7.28. The third-order valence-corrected chi connectivity index (χ3v) is 6.99. The first-order valence-corrected chi connectivity index (χ1v) is 10.8. The molecule has 1 fully saturated rings. The van der Waals surface area contributed by atoms with Gasteiger partial charge in [0.25, 0.3) is 0 Å². The molecule has 0 N–H and O–H groups in total. The molecule has 0 spiro atoms. The summed E-state index contributed by atoms with van der Waals surface area (Å²) in [6, 6.07) is 8.10. The molecule has 1 aliphatic rings. The van der Waals surface area contributed by atoms with Crippen molar-refractivity contribution in [3.05, 3.63) is 41.5 Å². The van der Waals surface area contributed by atoms with Crippen LogP contribution in [0.5, 0.6) is 0 Å². The van der Waals surface area contributed by atoms with Crippen LogP contribution < -0.4 is 4.78 Å². The van der Waals surface area contributed by atoms with Gasteiger partial charge in [0, 0.05) is 16.2 Å². The van der Waals surface area contributed by atoms with Crippen LogP contribution in [0.15, 0.2) is 36.6 Å². The minimum Gasteiger partial charge on any atom is -0.533 e. The summed E-state index contributed by atoms with van der Waals surface area (Å²) in [5.74, 6) is 0.916. The number of Topliss-reactive ketones (excluding diaryl/α,β-unsaturated/α-hetero) is 1. The molecule has 0 amide bonds. The third-order valence-electron chi connectivity index (χ3n) is 4.56. The Bertz CT molecular complexity index is 791. The highest BCUT2D eigenvalue weighted by Gasteiger charge is 2.43. The molecule has 0 atom stereocenters. The van der Waals surface area contributed by atoms with Gasteiger partial charge in [-0.1, -0.05) is 32.8 Å². The second-order valence-electron chi connectivity index (χ2n) is 7.10. The predicted octanol–water partition coefficient (Wildman–Crippen LogP) is 5.66. The van der Waals surface area contributed by atoms with Crippen LogP contribution in [0, 0.1) is 0 Å². The van der Waals surface area contributed by atoms with E-state index < -0.39 is 12.7 Å². The van der Waals surface area contributed by atoms with E-state index in [1.165, 1.54) is 12.8 Å². The largest absolute Gasteiger partial charge is 0.574 e. The number of ketones is 1. The first-order chi connectivity index (χ1) is 12.4. The normalized spacial score (nSPS) is 16.1. The number of carbonyl (C=O) groups excluding carboxylic acids is 1. The van der Waals surface area contributed by atoms with E-state index in [4.69, 9.17) is 9.31 Å². The molecule has 3 rings (SSSR count). The zero-order chi connectivity index (χ0) is 18.7. The molecule has 0 aliphatic carbocycles. The van der Waals surface area contributed by atoms with Gasteiger partial charge in [0.2, 0.25) is 0 Å². The number of unbranched alkanes of at least 4 members (excludes halogenated alkanes) is 3. The van der Waals surface area contributed by atoms with Crippen LogP contribution in [0.1, 0.15) is 62.5 Å². The molecule has 0 bridgehead atoms. The van der Waals surface area contributed by atoms with Crippen LogP contribution in [0.25, 0.3) is 9.75 Å². The minimum absolute atomic E-state index is 0.259. The fourth-order valence-electron chi connectivity index (χ4n) is 2.81. The Balaban J connectivity index is 1.64. The second kappa shape index (κ2) is 8.11. The van der Waals surface area contributed by atoms with E-state index in [9.17, 15) is 4.79 Å². The zero-order valence-electron chi connectivity index (χ0n) is 15.7. The summed E-state index contributed by atoms with van der Waals surface area (Å²) >= 11 is 3.22. The van der Waals surface area contributed by atoms with E-state index in [1.807, 2.05) is 32.0 Å². The quantitative estimate of drug-likeness (QED) is 0.332. The maximum atomic E-state index is 12.3. The Morgan fingerprint density at radius 1 is 1.12 bits per heavy atom. The molecule has 0 aromatic carbocycles. The molecule has 3 heterocycles. The molecule has 0 unspecified atom stereocenters. The van der Waals surface area contributed by atoms with Crippen LogP contribution in [-0.4, -0.2) is 18.5 Å². The number of hydrogen-bond acceptors (Lipinski definition) is 5. The molecule has 0 saturated carbocycles. The topological polar surface area (TPSA) is 35.5 Å². The summed E-state index contributed by atoms with van der Waals surface area (Å²) in [7, 11) is -0.393. The Kier molecular flexibility index (Phi) is 6.05. The highest BCUT2D eigenvalue weighted by atomic mass is 32.1. The number of rotatable bonds is 8. The van der Waals surface area contributed by atoms with Crippen LogP contribution in [0.2, 0.25) is 0 Å². The monoisotopic (exact) mass is 388 g/mol. The van der Waals surface area contributed by atoms with E-state index in [0.717, 1.165) is 32.2 Å². The maximum Gasteiger partial charge on any atom is 0.574 e. The van der Waals surface area contributed by atoms with Crippen molar-refractivity contribution in [3.8, 4) is 9.75 Å². The van der Waals surface area contributed by atoms with E-state index >= 15 is 0 Å². The molecule has 2 aromatic heterocycles. The van der Waals surface area contributed by atoms with Gasteiger partial charge in [0.15, 0.2) is 5.78 Å². The summed E-state index contributed by atoms with van der Waals surface area (Å²) in [5.41, 5.74) is -0.463. The van der Waals surface area contributed by atoms with Crippen LogP contribution in [0.4, 0.5) is 0 Å². The first kappa shape index (κ1) is 19.4. The molecule has 26 heavy (non-hydrogen) atoms. The molecular formula is C20H25BO3S2. The minimum atomic E-state index is -0.463. The average Bonchev–Trinajstić information content (AvgIpc) is 3.30. The van der Waals surface area contributed by atoms with Crippen molar-refractivity contribution in [1.82, 2.24) is 0 Å². The molecule has 1 aliphatic heterocycles. The van der Waals surface area contributed by atoms with Crippen molar-refractivity contribution >= 4 is 40.4 Å². The Morgan fingerprint density at radius 2 is 1.85 bits per heavy atom. The molecule has 3 nitrogen and oxygen atoms in total. The average molecular weight is 388 g/mol. The fraction of sp³-hybridized carbons (Fsp3) is 0.450. The summed E-state index contributed by atoms with van der Waals surface area (Å²) in [5, 5.41) is 0. The van der Waals surface area contributed by atoms with E-state index in [0.29, 0.717) is 12.2 Å². The summed E-state index contributed by atoms with van der Waals surface area (Å²) in [4.78, 5) is 15.5. The maximum absolute atomic E-state index is 12.3. The molecule has 2 aromatic rings. The lowest BCUT2D eigenvalue weighted by molar-refractivity contribution is 0.0983. The Morgan fingerprint density at radius 3 is 2.54 bits per heavy atom. The van der Waals surface area contributed by atoms with Gasteiger partial charge in [0.05, 0.1) is 15.4 Å². The number of hydrogen-bond donors (Lipinski definition) is 0. The van der Waals surface area contributed by atoms with Gasteiger partial charge in [-0.3, -0.25) is 4.79 Å². The third kappa shape index (κ3) is 4.30. The highest BCUT2D eigenvalue weighted by Crippen LogP contribution is 2.34. The zero-order valence-corrected chi connectivity index (χ0v) is 17.3. The summed E-state index contributed by atoms with van der Waals surface area (Å²) < 4.78 is 12.7. The lowest BCUT2D eigenvalue weighted by atomic mass is 9.88. The SMILES string of the molecule is C=C1OB(c2ccc(-c3ccc(C(=O)CCCCCC)s3)s2)OC1(C)C. The lowest BCUT2D eigenvalue weighted by Crippen LogP contribution is -2.32. The number of carbonyl (C=O) groups is 1. The summed E-state index contributed by atoms with van der Waals surface area (Å²) in [6.45, 7) is 10.0.